The molecular weight excluding hydrogens is 256 g/mol. The Morgan fingerprint density at radius 2 is 2.20 bits per heavy atom. The summed E-state index contributed by atoms with van der Waals surface area (Å²) >= 11 is 0. The molecule has 0 aliphatic carbocycles. The van der Waals surface area contributed by atoms with Gasteiger partial charge >= 0.3 is 5.97 Å². The predicted molar refractivity (Wildman–Crippen MR) is 75.0 cm³/mol. The van der Waals surface area contributed by atoms with Gasteiger partial charge in [-0.15, -0.1) is 0 Å². The van der Waals surface area contributed by atoms with Gasteiger partial charge in [-0.3, -0.25) is 0 Å². The topological polar surface area (TPSA) is 53.4 Å². The first-order chi connectivity index (χ1) is 9.67. The summed E-state index contributed by atoms with van der Waals surface area (Å²) in [4.78, 5) is 16.2. The van der Waals surface area contributed by atoms with Crippen molar-refractivity contribution >= 4 is 5.97 Å². The van der Waals surface area contributed by atoms with Crippen LogP contribution in [0.15, 0.2) is 30.6 Å². The zero-order valence-corrected chi connectivity index (χ0v) is 11.9. The number of hydrogen-bond donors (Lipinski definition) is 0. The normalized spacial score (nSPS) is 10.3. The largest absolute Gasteiger partial charge is 0.481 e. The lowest BCUT2D eigenvalue weighted by Gasteiger charge is -2.11. The molecule has 0 amide bonds. The predicted octanol–water partition coefficient (Wildman–Crippen LogP) is 2.43. The molecule has 20 heavy (non-hydrogen) atoms. The fourth-order valence-corrected chi connectivity index (χ4v) is 2.10. The Labute approximate surface area is 118 Å². The summed E-state index contributed by atoms with van der Waals surface area (Å²) < 4.78 is 12.2. The Morgan fingerprint density at radius 1 is 1.40 bits per heavy atom. The van der Waals surface area contributed by atoms with E-state index in [2.05, 4.69) is 4.98 Å². The highest BCUT2D eigenvalue weighted by molar-refractivity contribution is 5.89. The van der Waals surface area contributed by atoms with Crippen LogP contribution in [0.25, 0.3) is 0 Å². The minimum Gasteiger partial charge on any atom is -0.481 e. The minimum absolute atomic E-state index is 0.308. The van der Waals surface area contributed by atoms with Crippen molar-refractivity contribution < 1.29 is 14.3 Å². The maximum Gasteiger partial charge on any atom is 0.355 e. The summed E-state index contributed by atoms with van der Waals surface area (Å²) in [5.41, 5.74) is 2.38. The molecule has 0 spiro atoms. The molecule has 5 nitrogen and oxygen atoms in total. The van der Waals surface area contributed by atoms with Crippen LogP contribution in [0.3, 0.4) is 0 Å². The highest BCUT2D eigenvalue weighted by Crippen LogP contribution is 2.19. The molecule has 2 aromatic rings. The van der Waals surface area contributed by atoms with Crippen molar-refractivity contribution in [2.75, 3.05) is 13.7 Å². The van der Waals surface area contributed by atoms with Crippen molar-refractivity contribution in [2.45, 2.75) is 20.4 Å². The minimum atomic E-state index is -0.308. The summed E-state index contributed by atoms with van der Waals surface area (Å²) in [5.74, 6) is 0.256. The van der Waals surface area contributed by atoms with Crippen LogP contribution in [-0.2, 0) is 11.3 Å². The summed E-state index contributed by atoms with van der Waals surface area (Å²) in [7, 11) is 1.58. The van der Waals surface area contributed by atoms with Crippen LogP contribution < -0.4 is 4.74 Å². The van der Waals surface area contributed by atoms with E-state index in [9.17, 15) is 4.79 Å². The lowest BCUT2D eigenvalue weighted by Crippen LogP contribution is -2.14. The number of pyridine rings is 1. The van der Waals surface area contributed by atoms with Gasteiger partial charge in [0.2, 0.25) is 5.88 Å². The molecule has 2 heterocycles. The molecule has 0 saturated heterocycles. The number of hydrogen-bond acceptors (Lipinski definition) is 4. The molecular formula is C15H18N2O3. The van der Waals surface area contributed by atoms with E-state index in [1.54, 1.807) is 20.2 Å². The fraction of sp³-hybridized carbons (Fsp3) is 0.333. The number of rotatable bonds is 5. The second-order valence-corrected chi connectivity index (χ2v) is 4.37. The molecule has 0 fully saturated rings. The first-order valence-electron chi connectivity index (χ1n) is 6.48. The molecule has 0 N–H and O–H groups in total. The molecule has 2 aromatic heterocycles. The number of methoxy groups -OCH3 is 1. The van der Waals surface area contributed by atoms with Crippen LogP contribution >= 0.6 is 0 Å². The van der Waals surface area contributed by atoms with Gasteiger partial charge < -0.3 is 14.0 Å². The third-order valence-electron chi connectivity index (χ3n) is 3.02. The maximum absolute atomic E-state index is 12.0. The van der Waals surface area contributed by atoms with Gasteiger partial charge in [0.15, 0.2) is 0 Å². The van der Waals surface area contributed by atoms with Gasteiger partial charge in [-0.05, 0) is 31.5 Å². The summed E-state index contributed by atoms with van der Waals surface area (Å²) in [5, 5.41) is 0. The van der Waals surface area contributed by atoms with E-state index >= 15 is 0 Å². The van der Waals surface area contributed by atoms with Crippen LogP contribution in [0.1, 0.15) is 28.5 Å². The Kier molecular flexibility index (Phi) is 4.40. The average Bonchev–Trinajstić information content (AvgIpc) is 2.80. The van der Waals surface area contributed by atoms with Gasteiger partial charge in [-0.25, -0.2) is 9.78 Å². The van der Waals surface area contributed by atoms with Gasteiger partial charge in [-0.1, -0.05) is 6.07 Å². The van der Waals surface area contributed by atoms with Crippen LogP contribution in [0, 0.1) is 6.92 Å². The molecule has 5 heteroatoms. The molecule has 0 aromatic carbocycles. The second-order valence-electron chi connectivity index (χ2n) is 4.37. The molecule has 2 rings (SSSR count). The van der Waals surface area contributed by atoms with E-state index < -0.39 is 0 Å². The SMILES string of the molecule is CCOC(=O)c1c(C)ccn1Cc1cccnc1OC. The third kappa shape index (κ3) is 2.82. The summed E-state index contributed by atoms with van der Waals surface area (Å²) in [6.45, 7) is 4.56. The van der Waals surface area contributed by atoms with Gasteiger partial charge in [-0.2, -0.15) is 0 Å². The Bertz CT molecular complexity index is 605. The molecule has 0 aliphatic heterocycles. The zero-order valence-electron chi connectivity index (χ0n) is 11.9. The standard InChI is InChI=1S/C15H18N2O3/c1-4-20-15(18)13-11(2)7-9-17(13)10-12-6-5-8-16-14(12)19-3/h5-9H,4,10H2,1-3H3. The average molecular weight is 274 g/mol. The van der Waals surface area contributed by atoms with Crippen molar-refractivity contribution in [2.24, 2.45) is 0 Å². The molecule has 0 saturated carbocycles. The van der Waals surface area contributed by atoms with Crippen molar-refractivity contribution in [3.05, 3.63) is 47.4 Å². The third-order valence-corrected chi connectivity index (χ3v) is 3.02. The van der Waals surface area contributed by atoms with Gasteiger partial charge in [0.25, 0.3) is 0 Å². The number of esters is 1. The highest BCUT2D eigenvalue weighted by Gasteiger charge is 2.17. The van der Waals surface area contributed by atoms with Crippen molar-refractivity contribution in [3.8, 4) is 5.88 Å². The van der Waals surface area contributed by atoms with Crippen LogP contribution in [0.5, 0.6) is 5.88 Å². The zero-order chi connectivity index (χ0) is 14.5. The quantitative estimate of drug-likeness (QED) is 0.786. The molecule has 0 unspecified atom stereocenters. The van der Waals surface area contributed by atoms with Gasteiger partial charge in [0, 0.05) is 18.0 Å². The van der Waals surface area contributed by atoms with Crippen LogP contribution in [0.4, 0.5) is 0 Å². The molecule has 0 radical (unpaired) electrons. The second kappa shape index (κ2) is 6.23. The molecule has 0 atom stereocenters. The number of aromatic nitrogens is 2. The van der Waals surface area contributed by atoms with E-state index in [4.69, 9.17) is 9.47 Å². The van der Waals surface area contributed by atoms with Crippen LogP contribution in [0.2, 0.25) is 0 Å². The lowest BCUT2D eigenvalue weighted by atomic mass is 10.2. The summed E-state index contributed by atoms with van der Waals surface area (Å²) in [6, 6.07) is 5.67. The van der Waals surface area contributed by atoms with E-state index in [-0.39, 0.29) is 5.97 Å². The smallest absolute Gasteiger partial charge is 0.355 e. The number of ether oxygens (including phenoxy) is 2. The maximum atomic E-state index is 12.0. The number of carbonyl (C=O) groups is 1. The molecule has 0 bridgehead atoms. The van der Waals surface area contributed by atoms with Crippen LogP contribution in [-0.4, -0.2) is 29.2 Å². The van der Waals surface area contributed by atoms with Gasteiger partial charge in [0.1, 0.15) is 5.69 Å². The molecule has 106 valence electrons. The Morgan fingerprint density at radius 3 is 2.90 bits per heavy atom. The highest BCUT2D eigenvalue weighted by atomic mass is 16.5. The summed E-state index contributed by atoms with van der Waals surface area (Å²) in [6.07, 6.45) is 3.55. The Hall–Kier alpha value is -2.30. The van der Waals surface area contributed by atoms with E-state index in [0.29, 0.717) is 24.7 Å². The number of aryl methyl sites for hydroxylation is 1. The van der Waals surface area contributed by atoms with Crippen molar-refractivity contribution in [3.63, 3.8) is 0 Å². The lowest BCUT2D eigenvalue weighted by molar-refractivity contribution is 0.0513. The fourth-order valence-electron chi connectivity index (χ4n) is 2.10. The van der Waals surface area contributed by atoms with E-state index in [1.165, 1.54) is 0 Å². The van der Waals surface area contributed by atoms with Crippen molar-refractivity contribution in [1.82, 2.24) is 9.55 Å². The number of nitrogens with zero attached hydrogens (tertiary/aromatic N) is 2. The monoisotopic (exact) mass is 274 g/mol. The first kappa shape index (κ1) is 14.1. The van der Waals surface area contributed by atoms with Crippen molar-refractivity contribution in [1.29, 1.82) is 0 Å². The van der Waals surface area contributed by atoms with E-state index in [1.807, 2.05) is 35.9 Å². The number of carbonyl (C=O) groups excluding carboxylic acids is 1. The first-order valence-corrected chi connectivity index (χ1v) is 6.48. The van der Waals surface area contributed by atoms with E-state index in [0.717, 1.165) is 11.1 Å². The van der Waals surface area contributed by atoms with Gasteiger partial charge in [0.05, 0.1) is 20.3 Å². The molecule has 0 aliphatic rings. The Balaban J connectivity index is 2.32.